The number of hydrogen-bond donors (Lipinski definition) is 2. The van der Waals surface area contributed by atoms with Crippen molar-refractivity contribution >= 4 is 17.5 Å². The molecule has 0 spiro atoms. The van der Waals surface area contributed by atoms with Crippen LogP contribution in [0.1, 0.15) is 41.2 Å². The molecule has 0 saturated heterocycles. The Balaban J connectivity index is 2.04. The fourth-order valence-corrected chi connectivity index (χ4v) is 2.15. The molecule has 2 rings (SSSR count). The molecule has 132 valence electrons. The van der Waals surface area contributed by atoms with Crippen LogP contribution in [0.4, 0.5) is 5.69 Å². The molecule has 2 amide bonds. The van der Waals surface area contributed by atoms with Gasteiger partial charge in [0.25, 0.3) is 11.8 Å². The van der Waals surface area contributed by atoms with E-state index in [0.717, 1.165) is 6.42 Å². The van der Waals surface area contributed by atoms with Gasteiger partial charge in [0.05, 0.1) is 7.11 Å². The number of nitrogens with one attached hydrogen (secondary N) is 2. The largest absolute Gasteiger partial charge is 0.497 e. The molecule has 2 aromatic rings. The second-order valence-electron chi connectivity index (χ2n) is 6.03. The molecule has 25 heavy (non-hydrogen) atoms. The zero-order chi connectivity index (χ0) is 18.2. The van der Waals surface area contributed by atoms with Crippen molar-refractivity contribution in [3.63, 3.8) is 0 Å². The first-order chi connectivity index (χ1) is 12.0. The maximum absolute atomic E-state index is 12.3. The molecule has 0 aliphatic rings. The SMILES string of the molecule is COc1cccc(NC(=O)c2cccc(C(=O)NCCC(C)C)n2)c1. The number of ether oxygens (including phenoxy) is 1. The van der Waals surface area contributed by atoms with E-state index in [2.05, 4.69) is 29.5 Å². The third-order valence-electron chi connectivity index (χ3n) is 3.55. The summed E-state index contributed by atoms with van der Waals surface area (Å²) in [5, 5.41) is 5.56. The standard InChI is InChI=1S/C19H23N3O3/c1-13(2)10-11-20-18(23)16-8-5-9-17(22-16)19(24)21-14-6-4-7-15(12-14)25-3/h4-9,12-13H,10-11H2,1-3H3,(H,20,23)(H,21,24). The first-order valence-corrected chi connectivity index (χ1v) is 8.20. The summed E-state index contributed by atoms with van der Waals surface area (Å²) in [7, 11) is 1.56. The molecule has 0 fully saturated rings. The molecule has 1 heterocycles. The number of methoxy groups -OCH3 is 1. The van der Waals surface area contributed by atoms with E-state index < -0.39 is 0 Å². The summed E-state index contributed by atoms with van der Waals surface area (Å²) < 4.78 is 5.13. The first kappa shape index (κ1) is 18.4. The van der Waals surface area contributed by atoms with Crippen molar-refractivity contribution < 1.29 is 14.3 Å². The highest BCUT2D eigenvalue weighted by atomic mass is 16.5. The van der Waals surface area contributed by atoms with Crippen LogP contribution < -0.4 is 15.4 Å². The maximum atomic E-state index is 12.3. The Morgan fingerprint density at radius 1 is 1.08 bits per heavy atom. The van der Waals surface area contributed by atoms with E-state index in [4.69, 9.17) is 4.74 Å². The summed E-state index contributed by atoms with van der Waals surface area (Å²) in [6, 6.07) is 11.8. The lowest BCUT2D eigenvalue weighted by molar-refractivity contribution is 0.0947. The van der Waals surface area contributed by atoms with Crippen molar-refractivity contribution in [1.82, 2.24) is 10.3 Å². The van der Waals surface area contributed by atoms with Crippen LogP contribution in [-0.4, -0.2) is 30.5 Å². The number of anilines is 1. The topological polar surface area (TPSA) is 80.3 Å². The van der Waals surface area contributed by atoms with Crippen molar-refractivity contribution in [2.75, 3.05) is 19.0 Å². The quantitative estimate of drug-likeness (QED) is 0.811. The summed E-state index contributed by atoms with van der Waals surface area (Å²) >= 11 is 0. The van der Waals surface area contributed by atoms with Crippen molar-refractivity contribution in [3.8, 4) is 5.75 Å². The molecule has 1 aromatic carbocycles. The molecule has 0 unspecified atom stereocenters. The molecule has 0 atom stereocenters. The number of nitrogens with zero attached hydrogens (tertiary/aromatic N) is 1. The normalized spacial score (nSPS) is 10.4. The lowest BCUT2D eigenvalue weighted by Crippen LogP contribution is -2.27. The van der Waals surface area contributed by atoms with Gasteiger partial charge in [-0.25, -0.2) is 4.98 Å². The average Bonchev–Trinajstić information content (AvgIpc) is 2.61. The highest BCUT2D eigenvalue weighted by Gasteiger charge is 2.12. The Labute approximate surface area is 147 Å². The fourth-order valence-electron chi connectivity index (χ4n) is 2.15. The average molecular weight is 341 g/mol. The predicted octanol–water partition coefficient (Wildman–Crippen LogP) is 3.12. The van der Waals surface area contributed by atoms with Crippen molar-refractivity contribution in [2.45, 2.75) is 20.3 Å². The van der Waals surface area contributed by atoms with Crippen LogP contribution in [0, 0.1) is 5.92 Å². The van der Waals surface area contributed by atoms with Gasteiger partial charge in [0, 0.05) is 18.3 Å². The van der Waals surface area contributed by atoms with Crippen LogP contribution in [0.2, 0.25) is 0 Å². The monoisotopic (exact) mass is 341 g/mol. The molecular weight excluding hydrogens is 318 g/mol. The van der Waals surface area contributed by atoms with Crippen LogP contribution in [0.25, 0.3) is 0 Å². The van der Waals surface area contributed by atoms with E-state index in [1.807, 2.05) is 0 Å². The minimum Gasteiger partial charge on any atom is -0.497 e. The number of carbonyl (C=O) groups is 2. The van der Waals surface area contributed by atoms with Gasteiger partial charge in [-0.05, 0) is 36.6 Å². The van der Waals surface area contributed by atoms with Crippen LogP contribution in [-0.2, 0) is 0 Å². The van der Waals surface area contributed by atoms with Gasteiger partial charge in [-0.3, -0.25) is 9.59 Å². The zero-order valence-corrected chi connectivity index (χ0v) is 14.7. The summed E-state index contributed by atoms with van der Waals surface area (Å²) in [5.41, 5.74) is 0.999. The van der Waals surface area contributed by atoms with Gasteiger partial charge in [0.2, 0.25) is 0 Å². The molecule has 0 saturated carbocycles. The summed E-state index contributed by atoms with van der Waals surface area (Å²) in [6.07, 6.45) is 0.891. The number of rotatable bonds is 7. The summed E-state index contributed by atoms with van der Waals surface area (Å²) in [4.78, 5) is 28.6. The molecule has 2 N–H and O–H groups in total. The predicted molar refractivity (Wildman–Crippen MR) is 97.0 cm³/mol. The van der Waals surface area contributed by atoms with Gasteiger partial charge >= 0.3 is 0 Å². The van der Waals surface area contributed by atoms with Crippen LogP contribution >= 0.6 is 0 Å². The zero-order valence-electron chi connectivity index (χ0n) is 14.7. The minimum atomic E-state index is -0.384. The van der Waals surface area contributed by atoms with Gasteiger partial charge < -0.3 is 15.4 Å². The van der Waals surface area contributed by atoms with Crippen molar-refractivity contribution in [1.29, 1.82) is 0 Å². The number of carbonyl (C=O) groups excluding carboxylic acids is 2. The molecule has 0 radical (unpaired) electrons. The van der Waals surface area contributed by atoms with Crippen LogP contribution in [0.15, 0.2) is 42.5 Å². The van der Waals surface area contributed by atoms with Crippen LogP contribution in [0.3, 0.4) is 0 Å². The van der Waals surface area contributed by atoms with Crippen molar-refractivity contribution in [2.24, 2.45) is 5.92 Å². The number of hydrogen-bond acceptors (Lipinski definition) is 4. The highest BCUT2D eigenvalue weighted by molar-refractivity contribution is 6.03. The smallest absolute Gasteiger partial charge is 0.274 e. The lowest BCUT2D eigenvalue weighted by atomic mass is 10.1. The van der Waals surface area contributed by atoms with E-state index in [9.17, 15) is 9.59 Å². The van der Waals surface area contributed by atoms with Gasteiger partial charge in [-0.2, -0.15) is 0 Å². The lowest BCUT2D eigenvalue weighted by Gasteiger charge is -2.09. The Hall–Kier alpha value is -2.89. The molecular formula is C19H23N3O3. The molecule has 0 bridgehead atoms. The number of pyridine rings is 1. The third-order valence-corrected chi connectivity index (χ3v) is 3.55. The van der Waals surface area contributed by atoms with Gasteiger partial charge in [0.15, 0.2) is 0 Å². The van der Waals surface area contributed by atoms with Gasteiger partial charge in [-0.1, -0.05) is 26.0 Å². The fraction of sp³-hybridized carbons (Fsp3) is 0.316. The molecule has 1 aromatic heterocycles. The Morgan fingerprint density at radius 3 is 2.44 bits per heavy atom. The van der Waals surface area contributed by atoms with E-state index in [1.165, 1.54) is 0 Å². The van der Waals surface area contributed by atoms with E-state index in [1.54, 1.807) is 49.6 Å². The van der Waals surface area contributed by atoms with Gasteiger partial charge in [-0.15, -0.1) is 0 Å². The Kier molecular flexibility index (Phi) is 6.51. The second kappa shape index (κ2) is 8.82. The number of aromatic nitrogens is 1. The number of benzene rings is 1. The molecule has 6 heteroatoms. The minimum absolute atomic E-state index is 0.180. The molecule has 6 nitrogen and oxygen atoms in total. The Bertz CT molecular complexity index is 744. The highest BCUT2D eigenvalue weighted by Crippen LogP contribution is 2.17. The Morgan fingerprint density at radius 2 is 1.76 bits per heavy atom. The van der Waals surface area contributed by atoms with Gasteiger partial charge in [0.1, 0.15) is 17.1 Å². The number of amides is 2. The summed E-state index contributed by atoms with van der Waals surface area (Å²) in [5.74, 6) is 0.485. The maximum Gasteiger partial charge on any atom is 0.274 e. The van der Waals surface area contributed by atoms with E-state index >= 15 is 0 Å². The van der Waals surface area contributed by atoms with E-state index in [0.29, 0.717) is 23.9 Å². The van der Waals surface area contributed by atoms with E-state index in [-0.39, 0.29) is 23.2 Å². The molecule has 0 aliphatic heterocycles. The van der Waals surface area contributed by atoms with Crippen molar-refractivity contribution in [3.05, 3.63) is 53.9 Å². The second-order valence-corrected chi connectivity index (χ2v) is 6.03. The first-order valence-electron chi connectivity index (χ1n) is 8.20. The summed E-state index contributed by atoms with van der Waals surface area (Å²) in [6.45, 7) is 4.76. The molecule has 0 aliphatic carbocycles. The third kappa shape index (κ3) is 5.60. The van der Waals surface area contributed by atoms with Crippen LogP contribution in [0.5, 0.6) is 5.75 Å².